The highest BCUT2D eigenvalue weighted by Gasteiger charge is 2.31. The van der Waals surface area contributed by atoms with Gasteiger partial charge in [-0.3, -0.25) is 0 Å². The maximum Gasteiger partial charge on any atom is 0.214 e. The third-order valence-electron chi connectivity index (χ3n) is 3.99. The first-order chi connectivity index (χ1) is 9.54. The normalized spacial score (nSPS) is 21.6. The zero-order chi connectivity index (χ0) is 14.6. The van der Waals surface area contributed by atoms with Crippen molar-refractivity contribution >= 4 is 10.0 Å². The predicted molar refractivity (Wildman–Crippen MR) is 83.2 cm³/mol. The molecule has 112 valence electrons. The predicted octanol–water partition coefficient (Wildman–Crippen LogP) is 3.65. The van der Waals surface area contributed by atoms with Crippen LogP contribution in [-0.2, 0) is 10.0 Å². The van der Waals surface area contributed by atoms with E-state index in [4.69, 9.17) is 0 Å². The molecule has 1 unspecified atom stereocenters. The zero-order valence-corrected chi connectivity index (χ0v) is 13.3. The van der Waals surface area contributed by atoms with Gasteiger partial charge in [0.1, 0.15) is 0 Å². The minimum absolute atomic E-state index is 0.0228. The first kappa shape index (κ1) is 15.5. The maximum absolute atomic E-state index is 12.5. The molecule has 0 N–H and O–H groups in total. The highest BCUT2D eigenvalue weighted by atomic mass is 32.2. The molecular weight excluding hydrogens is 270 g/mol. The van der Waals surface area contributed by atoms with E-state index in [1.54, 1.807) is 4.31 Å². The molecule has 1 atom stereocenters. The molecule has 3 nitrogen and oxygen atoms in total. The van der Waals surface area contributed by atoms with E-state index in [1.807, 2.05) is 6.92 Å². The topological polar surface area (TPSA) is 37.4 Å². The summed E-state index contributed by atoms with van der Waals surface area (Å²) in [4.78, 5) is 0. The summed E-state index contributed by atoms with van der Waals surface area (Å²) in [5.74, 6) is 0.259. The maximum atomic E-state index is 12.5. The van der Waals surface area contributed by atoms with Gasteiger partial charge in [-0.2, -0.15) is 4.31 Å². The second kappa shape index (κ2) is 6.72. The van der Waals surface area contributed by atoms with E-state index in [0.29, 0.717) is 13.0 Å². The Hall–Kier alpha value is -0.870. The summed E-state index contributed by atoms with van der Waals surface area (Å²) in [5, 5.41) is 0. The molecule has 1 fully saturated rings. The van der Waals surface area contributed by atoms with Gasteiger partial charge in [0.15, 0.2) is 0 Å². The van der Waals surface area contributed by atoms with Gasteiger partial charge in [-0.25, -0.2) is 8.42 Å². The number of aryl methyl sites for hydroxylation is 1. The first-order valence-corrected chi connectivity index (χ1v) is 9.21. The van der Waals surface area contributed by atoms with E-state index >= 15 is 0 Å². The van der Waals surface area contributed by atoms with Gasteiger partial charge in [-0.15, -0.1) is 0 Å². The number of sulfonamides is 1. The van der Waals surface area contributed by atoms with Crippen LogP contribution in [0.15, 0.2) is 24.3 Å². The van der Waals surface area contributed by atoms with Crippen LogP contribution in [0.5, 0.6) is 0 Å². The zero-order valence-electron chi connectivity index (χ0n) is 12.5. The number of hydrogen-bond acceptors (Lipinski definition) is 2. The molecule has 4 heteroatoms. The summed E-state index contributed by atoms with van der Waals surface area (Å²) in [6.45, 7) is 4.65. The fourth-order valence-corrected chi connectivity index (χ4v) is 4.68. The van der Waals surface area contributed by atoms with Gasteiger partial charge in [0.05, 0.1) is 5.75 Å². The summed E-state index contributed by atoms with van der Waals surface area (Å²) < 4.78 is 26.8. The van der Waals surface area contributed by atoms with Crippen LogP contribution in [0.2, 0.25) is 0 Å². The minimum atomic E-state index is -3.13. The fraction of sp³-hybridized carbons (Fsp3) is 0.625. The third-order valence-corrected chi connectivity index (χ3v) is 6.06. The molecule has 1 aliphatic heterocycles. The highest BCUT2D eigenvalue weighted by molar-refractivity contribution is 7.89. The third kappa shape index (κ3) is 3.61. The van der Waals surface area contributed by atoms with E-state index in [-0.39, 0.29) is 11.8 Å². The lowest BCUT2D eigenvalue weighted by molar-refractivity contribution is 0.329. The minimum Gasteiger partial charge on any atom is -0.212 e. The van der Waals surface area contributed by atoms with Crippen LogP contribution in [0.4, 0.5) is 0 Å². The van der Waals surface area contributed by atoms with Gasteiger partial charge in [0, 0.05) is 12.6 Å². The smallest absolute Gasteiger partial charge is 0.212 e. The molecule has 1 heterocycles. The molecule has 0 aliphatic carbocycles. The van der Waals surface area contributed by atoms with Gasteiger partial charge in [0.2, 0.25) is 10.0 Å². The van der Waals surface area contributed by atoms with Crippen LogP contribution in [0.1, 0.15) is 56.2 Å². The van der Waals surface area contributed by atoms with Crippen molar-refractivity contribution in [1.82, 2.24) is 4.31 Å². The van der Waals surface area contributed by atoms with Gasteiger partial charge >= 0.3 is 0 Å². The van der Waals surface area contributed by atoms with Gasteiger partial charge < -0.3 is 0 Å². The molecular formula is C16H25NO2S. The van der Waals surface area contributed by atoms with Crippen LogP contribution in [-0.4, -0.2) is 25.0 Å². The van der Waals surface area contributed by atoms with Crippen molar-refractivity contribution in [3.63, 3.8) is 0 Å². The van der Waals surface area contributed by atoms with Crippen molar-refractivity contribution < 1.29 is 8.42 Å². The molecule has 0 saturated carbocycles. The van der Waals surface area contributed by atoms with Gasteiger partial charge in [-0.1, -0.05) is 49.6 Å². The van der Waals surface area contributed by atoms with Crippen molar-refractivity contribution in [2.24, 2.45) is 0 Å². The summed E-state index contributed by atoms with van der Waals surface area (Å²) in [6.07, 6.45) is 4.83. The monoisotopic (exact) mass is 295 g/mol. The molecule has 1 aromatic rings. The number of hydrogen-bond donors (Lipinski definition) is 0. The SMILES string of the molecule is CCCS(=O)(=O)N1CCCCCC1c1ccc(C)cc1. The van der Waals surface area contributed by atoms with Crippen LogP contribution in [0, 0.1) is 6.92 Å². The highest BCUT2D eigenvalue weighted by Crippen LogP contribution is 2.32. The van der Waals surface area contributed by atoms with Crippen molar-refractivity contribution in [3.8, 4) is 0 Å². The number of benzene rings is 1. The lowest BCUT2D eigenvalue weighted by atomic mass is 10.0. The van der Waals surface area contributed by atoms with E-state index in [2.05, 4.69) is 31.2 Å². The summed E-state index contributed by atoms with van der Waals surface area (Å²) in [7, 11) is -3.13. The first-order valence-electron chi connectivity index (χ1n) is 7.60. The lowest BCUT2D eigenvalue weighted by Crippen LogP contribution is -2.36. The summed E-state index contributed by atoms with van der Waals surface area (Å²) in [5.41, 5.74) is 2.35. The van der Waals surface area contributed by atoms with Crippen LogP contribution >= 0.6 is 0 Å². The van der Waals surface area contributed by atoms with Crippen LogP contribution in [0.25, 0.3) is 0 Å². The second-order valence-electron chi connectivity index (χ2n) is 5.70. The molecule has 0 bridgehead atoms. The number of nitrogens with zero attached hydrogens (tertiary/aromatic N) is 1. The van der Waals surface area contributed by atoms with Crippen LogP contribution in [0.3, 0.4) is 0 Å². The molecule has 0 radical (unpaired) electrons. The molecule has 0 amide bonds. The molecule has 1 saturated heterocycles. The largest absolute Gasteiger partial charge is 0.214 e. The molecule has 0 aromatic heterocycles. The van der Waals surface area contributed by atoms with Gasteiger partial charge in [-0.05, 0) is 31.7 Å². The average molecular weight is 295 g/mol. The second-order valence-corrected chi connectivity index (χ2v) is 7.74. The standard InChI is InChI=1S/C16H25NO2S/c1-3-13-20(18,19)17-12-6-4-5-7-16(17)15-10-8-14(2)9-11-15/h8-11,16H,3-7,12-13H2,1-2H3. The fourth-order valence-electron chi connectivity index (χ4n) is 2.91. The Labute approximate surface area is 123 Å². The van der Waals surface area contributed by atoms with E-state index in [9.17, 15) is 8.42 Å². The Morgan fingerprint density at radius 2 is 1.85 bits per heavy atom. The van der Waals surface area contributed by atoms with E-state index in [0.717, 1.165) is 31.2 Å². The molecule has 2 rings (SSSR count). The van der Waals surface area contributed by atoms with Crippen molar-refractivity contribution in [2.45, 2.75) is 52.0 Å². The van der Waals surface area contributed by atoms with Gasteiger partial charge in [0.25, 0.3) is 0 Å². The Bertz CT molecular complexity index is 522. The van der Waals surface area contributed by atoms with E-state index < -0.39 is 10.0 Å². The van der Waals surface area contributed by atoms with Crippen molar-refractivity contribution in [2.75, 3.05) is 12.3 Å². The lowest BCUT2D eigenvalue weighted by Gasteiger charge is -2.29. The summed E-state index contributed by atoms with van der Waals surface area (Å²) in [6, 6.07) is 8.34. The Kier molecular flexibility index (Phi) is 5.22. The molecule has 0 spiro atoms. The number of rotatable bonds is 4. The van der Waals surface area contributed by atoms with Crippen molar-refractivity contribution in [1.29, 1.82) is 0 Å². The molecule has 1 aliphatic rings. The molecule has 1 aromatic carbocycles. The van der Waals surface area contributed by atoms with Crippen LogP contribution < -0.4 is 0 Å². The van der Waals surface area contributed by atoms with E-state index in [1.165, 1.54) is 5.56 Å². The average Bonchev–Trinajstić information content (AvgIpc) is 2.65. The summed E-state index contributed by atoms with van der Waals surface area (Å²) >= 11 is 0. The molecule has 20 heavy (non-hydrogen) atoms. The quantitative estimate of drug-likeness (QED) is 0.850. The Balaban J connectivity index is 2.32. The Morgan fingerprint density at radius 3 is 2.50 bits per heavy atom. The van der Waals surface area contributed by atoms with Crippen molar-refractivity contribution in [3.05, 3.63) is 35.4 Å². The Morgan fingerprint density at radius 1 is 1.15 bits per heavy atom.